The minimum Gasteiger partial charge on any atom is -0.385 e. The Morgan fingerprint density at radius 2 is 1.64 bits per heavy atom. The van der Waals surface area contributed by atoms with Crippen LogP contribution in [0.2, 0.25) is 0 Å². The number of hydrogen-bond donors (Lipinski definition) is 1. The molecule has 0 aliphatic rings. The molecular weight excluding hydrogens is 495 g/mol. The molecule has 0 aliphatic heterocycles. The average Bonchev–Trinajstić information content (AvgIpc) is 3.36. The first kappa shape index (κ1) is 30.0. The van der Waals surface area contributed by atoms with Crippen LogP contribution in [0, 0.1) is 5.82 Å². The quantitative estimate of drug-likeness (QED) is 0.197. The number of anilines is 1. The van der Waals surface area contributed by atoms with E-state index in [4.69, 9.17) is 4.74 Å². The van der Waals surface area contributed by atoms with Crippen molar-refractivity contribution in [2.75, 3.05) is 32.1 Å². The summed E-state index contributed by atoms with van der Waals surface area (Å²) in [6.45, 7) is 3.10. The van der Waals surface area contributed by atoms with Crippen molar-refractivity contribution in [1.29, 1.82) is 0 Å². The maximum Gasteiger partial charge on any atom is 0.245 e. The number of ether oxygens (including phenoxy) is 1. The van der Waals surface area contributed by atoms with E-state index in [-0.39, 0.29) is 24.2 Å². The molecular formula is C31H41FN4O3. The Balaban J connectivity index is 1.68. The third kappa shape index (κ3) is 9.94. The summed E-state index contributed by atoms with van der Waals surface area (Å²) in [4.78, 5) is 27.8. The number of methoxy groups -OCH3 is 1. The highest BCUT2D eigenvalue weighted by Crippen LogP contribution is 2.25. The van der Waals surface area contributed by atoms with E-state index in [9.17, 15) is 14.0 Å². The number of halogens is 1. The summed E-state index contributed by atoms with van der Waals surface area (Å²) in [6.07, 6.45) is 8.98. The van der Waals surface area contributed by atoms with Crippen molar-refractivity contribution in [2.24, 2.45) is 0 Å². The summed E-state index contributed by atoms with van der Waals surface area (Å²) in [5.74, 6) is -0.247. The van der Waals surface area contributed by atoms with Crippen LogP contribution in [-0.4, -0.2) is 53.3 Å². The van der Waals surface area contributed by atoms with Crippen molar-refractivity contribution in [3.8, 4) is 16.9 Å². The fraction of sp³-hybridized carbons (Fsp3) is 0.452. The molecule has 0 radical (unpaired) electrons. The molecule has 0 saturated heterocycles. The third-order valence-corrected chi connectivity index (χ3v) is 6.58. The van der Waals surface area contributed by atoms with Gasteiger partial charge >= 0.3 is 0 Å². The normalized spacial score (nSPS) is 10.9. The van der Waals surface area contributed by atoms with Gasteiger partial charge in [0, 0.05) is 38.3 Å². The van der Waals surface area contributed by atoms with E-state index in [1.807, 2.05) is 30.3 Å². The van der Waals surface area contributed by atoms with E-state index in [1.54, 1.807) is 34.9 Å². The van der Waals surface area contributed by atoms with Gasteiger partial charge in [-0.25, -0.2) is 9.07 Å². The van der Waals surface area contributed by atoms with Crippen LogP contribution in [0.5, 0.6) is 0 Å². The van der Waals surface area contributed by atoms with Crippen molar-refractivity contribution < 1.29 is 18.7 Å². The SMILES string of the molecule is CCCCCCCCCC(=O)N(CCCOC)CC(=O)Nc1cc(-c2ccccc2)nn1-c1ccc(F)cc1. The number of aromatic nitrogens is 2. The van der Waals surface area contributed by atoms with Gasteiger partial charge < -0.3 is 15.0 Å². The van der Waals surface area contributed by atoms with Crippen molar-refractivity contribution in [3.05, 3.63) is 66.5 Å². The Morgan fingerprint density at radius 1 is 0.949 bits per heavy atom. The van der Waals surface area contributed by atoms with Gasteiger partial charge in [-0.2, -0.15) is 5.10 Å². The maximum absolute atomic E-state index is 13.6. The van der Waals surface area contributed by atoms with Gasteiger partial charge in [0.05, 0.1) is 17.9 Å². The summed E-state index contributed by atoms with van der Waals surface area (Å²) in [7, 11) is 1.62. The first-order valence-electron chi connectivity index (χ1n) is 14.0. The van der Waals surface area contributed by atoms with Crippen molar-refractivity contribution in [3.63, 3.8) is 0 Å². The number of hydrogen-bond acceptors (Lipinski definition) is 4. The smallest absolute Gasteiger partial charge is 0.245 e. The van der Waals surface area contributed by atoms with Gasteiger partial charge in [-0.3, -0.25) is 9.59 Å². The van der Waals surface area contributed by atoms with Gasteiger partial charge in [-0.1, -0.05) is 75.8 Å². The second-order valence-corrected chi connectivity index (χ2v) is 9.75. The molecule has 0 aliphatic carbocycles. The Labute approximate surface area is 231 Å². The van der Waals surface area contributed by atoms with E-state index in [0.29, 0.717) is 43.2 Å². The van der Waals surface area contributed by atoms with Crippen LogP contribution in [0.25, 0.3) is 16.9 Å². The molecule has 2 amide bonds. The zero-order valence-corrected chi connectivity index (χ0v) is 23.2. The highest BCUT2D eigenvalue weighted by Gasteiger charge is 2.19. The van der Waals surface area contributed by atoms with Crippen LogP contribution in [0.3, 0.4) is 0 Å². The lowest BCUT2D eigenvalue weighted by Gasteiger charge is -2.22. The molecule has 3 rings (SSSR count). The predicted molar refractivity (Wildman–Crippen MR) is 153 cm³/mol. The van der Waals surface area contributed by atoms with Gasteiger partial charge in [0.15, 0.2) is 0 Å². The highest BCUT2D eigenvalue weighted by molar-refractivity contribution is 5.94. The van der Waals surface area contributed by atoms with E-state index in [0.717, 1.165) is 24.8 Å². The number of benzene rings is 2. The number of nitrogens with zero attached hydrogens (tertiary/aromatic N) is 3. The van der Waals surface area contributed by atoms with E-state index < -0.39 is 0 Å². The first-order valence-corrected chi connectivity index (χ1v) is 14.0. The summed E-state index contributed by atoms with van der Waals surface area (Å²) in [5.41, 5.74) is 2.17. The first-order chi connectivity index (χ1) is 19.0. The monoisotopic (exact) mass is 536 g/mol. The van der Waals surface area contributed by atoms with Gasteiger partial charge in [-0.15, -0.1) is 0 Å². The zero-order chi connectivity index (χ0) is 27.9. The van der Waals surface area contributed by atoms with Gasteiger partial charge in [0.25, 0.3) is 0 Å². The summed E-state index contributed by atoms with van der Waals surface area (Å²) in [6, 6.07) is 17.3. The second kappa shape index (κ2) is 16.4. The molecule has 0 fully saturated rings. The summed E-state index contributed by atoms with van der Waals surface area (Å²) < 4.78 is 20.3. The largest absolute Gasteiger partial charge is 0.385 e. The number of nitrogens with one attached hydrogen (secondary N) is 1. The highest BCUT2D eigenvalue weighted by atomic mass is 19.1. The van der Waals surface area contributed by atoms with Crippen LogP contribution in [0.4, 0.5) is 10.2 Å². The third-order valence-electron chi connectivity index (χ3n) is 6.58. The lowest BCUT2D eigenvalue weighted by Crippen LogP contribution is -2.39. The fourth-order valence-electron chi connectivity index (χ4n) is 4.44. The standard InChI is InChI=1S/C31H41FN4O3/c1-3-4-5-6-7-8-12-16-31(38)35(21-13-22-39-2)24-30(37)33-29-23-28(25-14-10-9-11-15-25)34-36(29)27-19-17-26(32)18-20-27/h9-11,14-15,17-20,23H,3-8,12-13,16,21-22,24H2,1-2H3,(H,33,37). The molecule has 1 heterocycles. The second-order valence-electron chi connectivity index (χ2n) is 9.75. The molecule has 3 aromatic rings. The minimum absolute atomic E-state index is 0.0215. The molecule has 0 bridgehead atoms. The molecule has 0 spiro atoms. The number of unbranched alkanes of at least 4 members (excludes halogenated alkanes) is 6. The molecule has 2 aromatic carbocycles. The molecule has 0 saturated carbocycles. The topological polar surface area (TPSA) is 76.5 Å². The number of rotatable bonds is 17. The Kier molecular flexibility index (Phi) is 12.7. The molecule has 0 atom stereocenters. The summed E-state index contributed by atoms with van der Waals surface area (Å²) >= 11 is 0. The lowest BCUT2D eigenvalue weighted by molar-refractivity contribution is -0.135. The van der Waals surface area contributed by atoms with Crippen LogP contribution in [0.1, 0.15) is 64.7 Å². The molecule has 39 heavy (non-hydrogen) atoms. The van der Waals surface area contributed by atoms with E-state index >= 15 is 0 Å². The number of carbonyl (C=O) groups excluding carboxylic acids is 2. The molecule has 0 unspecified atom stereocenters. The van der Waals surface area contributed by atoms with Gasteiger partial charge in [0.2, 0.25) is 11.8 Å². The van der Waals surface area contributed by atoms with E-state index in [2.05, 4.69) is 17.3 Å². The van der Waals surface area contributed by atoms with Crippen LogP contribution < -0.4 is 5.32 Å². The molecule has 8 heteroatoms. The average molecular weight is 537 g/mol. The van der Waals surface area contributed by atoms with E-state index in [1.165, 1.54) is 37.8 Å². The molecule has 1 N–H and O–H groups in total. The number of carbonyl (C=O) groups is 2. The molecule has 210 valence electrons. The van der Waals surface area contributed by atoms with Crippen molar-refractivity contribution in [2.45, 2.75) is 64.7 Å². The van der Waals surface area contributed by atoms with Crippen LogP contribution in [-0.2, 0) is 14.3 Å². The van der Waals surface area contributed by atoms with Gasteiger partial charge in [0.1, 0.15) is 11.6 Å². The predicted octanol–water partition coefficient (Wildman–Crippen LogP) is 6.62. The molecule has 7 nitrogen and oxygen atoms in total. The molecule has 1 aromatic heterocycles. The minimum atomic E-state index is -0.356. The zero-order valence-electron chi connectivity index (χ0n) is 23.2. The Morgan fingerprint density at radius 3 is 2.33 bits per heavy atom. The lowest BCUT2D eigenvalue weighted by atomic mass is 10.1. The Hall–Kier alpha value is -3.52. The number of amides is 2. The van der Waals surface area contributed by atoms with Crippen molar-refractivity contribution in [1.82, 2.24) is 14.7 Å². The van der Waals surface area contributed by atoms with Crippen molar-refractivity contribution >= 4 is 17.6 Å². The van der Waals surface area contributed by atoms with Crippen LogP contribution >= 0.6 is 0 Å². The Bertz CT molecular complexity index is 1150. The summed E-state index contributed by atoms with van der Waals surface area (Å²) in [5, 5.41) is 7.60. The van der Waals surface area contributed by atoms with Crippen LogP contribution in [0.15, 0.2) is 60.7 Å². The fourth-order valence-corrected chi connectivity index (χ4v) is 4.44. The van der Waals surface area contributed by atoms with Gasteiger partial charge in [-0.05, 0) is 37.1 Å². The maximum atomic E-state index is 13.6.